The Balaban J connectivity index is 1.53. The van der Waals surface area contributed by atoms with Gasteiger partial charge >= 0.3 is 0 Å². The Morgan fingerprint density at radius 3 is 2.45 bits per heavy atom. The molecule has 4 aromatic rings. The van der Waals surface area contributed by atoms with Gasteiger partial charge in [-0.1, -0.05) is 0 Å². The summed E-state index contributed by atoms with van der Waals surface area (Å²) in [6, 6.07) is 9.80. The van der Waals surface area contributed by atoms with Crippen molar-refractivity contribution in [2.75, 3.05) is 6.61 Å². The summed E-state index contributed by atoms with van der Waals surface area (Å²) in [7, 11) is -1.12. The first-order valence-electron chi connectivity index (χ1n) is 11.0. The van der Waals surface area contributed by atoms with E-state index in [9.17, 15) is 4.39 Å². The van der Waals surface area contributed by atoms with Crippen LogP contribution in [0.5, 0.6) is 11.6 Å². The Morgan fingerprint density at radius 1 is 1.00 bits per heavy atom. The summed E-state index contributed by atoms with van der Waals surface area (Å²) in [5.41, 5.74) is 3.57. The third-order valence-corrected chi connectivity index (χ3v) is 7.24. The fourth-order valence-corrected chi connectivity index (χ4v) is 4.44. The third kappa shape index (κ3) is 5.28. The minimum Gasteiger partial charge on any atom is -0.438 e. The van der Waals surface area contributed by atoms with Crippen LogP contribution in [0.25, 0.3) is 22.0 Å². The van der Waals surface area contributed by atoms with E-state index in [0.29, 0.717) is 29.5 Å². The molecule has 8 heteroatoms. The van der Waals surface area contributed by atoms with Crippen LogP contribution in [-0.4, -0.2) is 34.2 Å². The molecule has 4 rings (SSSR count). The van der Waals surface area contributed by atoms with Crippen LogP contribution in [0.15, 0.2) is 49.1 Å². The SMILES string of the molecule is Cc1ncnc(C)c1-c1ccc(Oc2nccc3c2ccn3COCC[Si-](C)(C)C)cc1F. The van der Waals surface area contributed by atoms with Gasteiger partial charge in [0.1, 0.15) is 24.6 Å². The van der Waals surface area contributed by atoms with Crippen LogP contribution < -0.4 is 4.74 Å². The van der Waals surface area contributed by atoms with Crippen LogP contribution in [0.4, 0.5) is 4.39 Å². The molecule has 0 aliphatic carbocycles. The predicted octanol–water partition coefficient (Wildman–Crippen LogP) is 6.35. The van der Waals surface area contributed by atoms with Crippen LogP contribution in [0.1, 0.15) is 11.4 Å². The van der Waals surface area contributed by atoms with Gasteiger partial charge in [-0.05, 0) is 38.1 Å². The van der Waals surface area contributed by atoms with Crippen LogP contribution >= 0.6 is 0 Å². The second kappa shape index (κ2) is 9.41. The molecular weight excluding hydrogens is 435 g/mol. The molecule has 173 valence electrons. The number of aryl methyl sites for hydroxylation is 2. The topological polar surface area (TPSA) is 62.1 Å². The van der Waals surface area contributed by atoms with Crippen molar-refractivity contribution in [1.29, 1.82) is 0 Å². The van der Waals surface area contributed by atoms with Gasteiger partial charge in [0.15, 0.2) is 0 Å². The standard InChI is InChI=1S/C25H29FN4O2Si/c1-17-24(18(2)29-15-28-17)20-7-6-19(14-22(20)26)32-25-21-9-11-30(23(21)8-10-27-25)16-31-12-13-33(3,4)5/h6-11,14-15H,12-13,16H2,1-5H3/q-1. The van der Waals surface area contributed by atoms with Crippen molar-refractivity contribution in [3.63, 3.8) is 0 Å². The smallest absolute Gasteiger partial charge is 0.228 e. The molecule has 0 radical (unpaired) electrons. The summed E-state index contributed by atoms with van der Waals surface area (Å²) in [6.45, 7) is 11.9. The molecule has 0 N–H and O–H groups in total. The number of hydrogen-bond acceptors (Lipinski definition) is 5. The molecule has 3 heterocycles. The molecule has 0 atom stereocenters. The van der Waals surface area contributed by atoms with Crippen molar-refractivity contribution < 1.29 is 13.9 Å². The first-order valence-corrected chi connectivity index (χ1v) is 14.7. The Bertz CT molecular complexity index is 1260. The third-order valence-electron chi connectivity index (χ3n) is 5.54. The zero-order chi connectivity index (χ0) is 23.6. The maximum absolute atomic E-state index is 15.0. The Morgan fingerprint density at radius 2 is 1.76 bits per heavy atom. The highest BCUT2D eigenvalue weighted by Gasteiger charge is 2.15. The summed E-state index contributed by atoms with van der Waals surface area (Å²) in [4.78, 5) is 12.8. The van der Waals surface area contributed by atoms with Gasteiger partial charge in [0.2, 0.25) is 5.88 Å². The second-order valence-corrected chi connectivity index (χ2v) is 15.0. The van der Waals surface area contributed by atoms with Gasteiger partial charge in [0.05, 0.1) is 10.9 Å². The summed E-state index contributed by atoms with van der Waals surface area (Å²) in [5, 5.41) is 0.846. The van der Waals surface area contributed by atoms with Gasteiger partial charge in [0, 0.05) is 47.6 Å². The van der Waals surface area contributed by atoms with Crippen molar-refractivity contribution in [1.82, 2.24) is 19.5 Å². The second-order valence-electron chi connectivity index (χ2n) is 9.35. The van der Waals surface area contributed by atoms with Crippen molar-refractivity contribution in [3.8, 4) is 22.8 Å². The van der Waals surface area contributed by atoms with E-state index in [0.717, 1.165) is 34.9 Å². The molecule has 6 nitrogen and oxygen atoms in total. The largest absolute Gasteiger partial charge is 0.438 e. The molecule has 0 saturated carbocycles. The van der Waals surface area contributed by atoms with Crippen LogP contribution in [0, 0.1) is 19.7 Å². The van der Waals surface area contributed by atoms with Crippen LogP contribution in [0.3, 0.4) is 0 Å². The van der Waals surface area contributed by atoms with Gasteiger partial charge in [-0.15, -0.1) is 14.1 Å². The molecule has 3 aromatic heterocycles. The highest BCUT2D eigenvalue weighted by atomic mass is 28.3. The number of hydrogen-bond donors (Lipinski definition) is 0. The fraction of sp³-hybridized carbons (Fsp3) is 0.320. The zero-order valence-electron chi connectivity index (χ0n) is 19.7. The fourth-order valence-electron chi connectivity index (χ4n) is 3.69. The number of pyridine rings is 1. The number of benzene rings is 1. The van der Waals surface area contributed by atoms with Gasteiger partial charge in [0.25, 0.3) is 0 Å². The van der Waals surface area contributed by atoms with Crippen molar-refractivity contribution in [2.24, 2.45) is 0 Å². The number of ether oxygens (including phenoxy) is 2. The van der Waals surface area contributed by atoms with Gasteiger partial charge in [-0.2, -0.15) is 19.6 Å². The molecule has 0 aliphatic rings. The molecule has 0 fully saturated rings. The number of halogens is 1. The predicted molar refractivity (Wildman–Crippen MR) is 131 cm³/mol. The van der Waals surface area contributed by atoms with E-state index in [-0.39, 0.29) is 0 Å². The van der Waals surface area contributed by atoms with Gasteiger partial charge in [-0.25, -0.2) is 19.3 Å². The number of aromatic nitrogens is 4. The lowest BCUT2D eigenvalue weighted by Crippen LogP contribution is -2.21. The highest BCUT2D eigenvalue weighted by molar-refractivity contribution is 6.76. The first-order chi connectivity index (χ1) is 15.7. The molecule has 0 spiro atoms. The minimum atomic E-state index is -1.12. The van der Waals surface area contributed by atoms with E-state index >= 15 is 0 Å². The molecule has 0 unspecified atom stereocenters. The van der Waals surface area contributed by atoms with E-state index in [1.165, 1.54) is 12.4 Å². The number of nitrogens with zero attached hydrogens (tertiary/aromatic N) is 4. The molecule has 1 aromatic carbocycles. The highest BCUT2D eigenvalue weighted by Crippen LogP contribution is 2.33. The van der Waals surface area contributed by atoms with Gasteiger partial charge in [-0.3, -0.25) is 0 Å². The van der Waals surface area contributed by atoms with Crippen LogP contribution in [-0.2, 0) is 11.5 Å². The van der Waals surface area contributed by atoms with E-state index in [1.807, 2.05) is 36.7 Å². The lowest BCUT2D eigenvalue weighted by molar-refractivity contribution is 0.0902. The van der Waals surface area contributed by atoms with E-state index in [1.54, 1.807) is 18.3 Å². The lowest BCUT2D eigenvalue weighted by atomic mass is 10.0. The Kier molecular flexibility index (Phi) is 6.58. The lowest BCUT2D eigenvalue weighted by Gasteiger charge is -2.26. The monoisotopic (exact) mass is 464 g/mol. The molecule has 0 aliphatic heterocycles. The summed E-state index contributed by atoms with van der Waals surface area (Å²) in [5.74, 6) is 0.410. The molecule has 0 bridgehead atoms. The zero-order valence-corrected chi connectivity index (χ0v) is 20.7. The average molecular weight is 465 g/mol. The quantitative estimate of drug-likeness (QED) is 0.224. The Labute approximate surface area is 194 Å². The molecular formula is C25H29FN4O2Si-. The van der Waals surface area contributed by atoms with Crippen LogP contribution in [0.2, 0.25) is 25.7 Å². The maximum Gasteiger partial charge on any atom is 0.228 e. The number of fused-ring (bicyclic) bond motifs is 1. The molecule has 33 heavy (non-hydrogen) atoms. The van der Waals surface area contributed by atoms with Crippen molar-refractivity contribution in [3.05, 3.63) is 66.3 Å². The van der Waals surface area contributed by atoms with E-state index < -0.39 is 13.9 Å². The van der Waals surface area contributed by atoms with E-state index in [2.05, 4.69) is 34.6 Å². The normalized spacial score (nSPS) is 11.8. The summed E-state index contributed by atoms with van der Waals surface area (Å²) in [6.07, 6.45) is 5.13. The minimum absolute atomic E-state index is 0.377. The molecule has 0 saturated heterocycles. The summed E-state index contributed by atoms with van der Waals surface area (Å²) < 4.78 is 28.9. The first kappa shape index (κ1) is 23.1. The summed E-state index contributed by atoms with van der Waals surface area (Å²) >= 11 is 0. The average Bonchev–Trinajstić information content (AvgIpc) is 3.16. The Hall–Kier alpha value is -3.10. The van der Waals surface area contributed by atoms with Crippen molar-refractivity contribution in [2.45, 2.75) is 46.3 Å². The van der Waals surface area contributed by atoms with Gasteiger partial charge < -0.3 is 14.0 Å². The number of rotatable bonds is 8. The van der Waals surface area contributed by atoms with Crippen molar-refractivity contribution >= 4 is 19.0 Å². The molecule has 0 amide bonds. The maximum atomic E-state index is 15.0. The van der Waals surface area contributed by atoms with E-state index in [4.69, 9.17) is 9.47 Å².